The third kappa shape index (κ3) is 6.01. The fraction of sp³-hybridized carbons (Fsp3) is 1.00. The molecule has 0 aliphatic carbocycles. The molecular weight excluding hydrogens is 130 g/mol. The SMILES string of the molecule is CC(O)CC(O)NC(C)C. The fourth-order valence-corrected chi connectivity index (χ4v) is 0.776. The lowest BCUT2D eigenvalue weighted by atomic mass is 10.2. The zero-order chi connectivity index (χ0) is 8.15. The van der Waals surface area contributed by atoms with Gasteiger partial charge in [-0.15, -0.1) is 0 Å². The molecule has 0 aromatic carbocycles. The molecule has 2 unspecified atom stereocenters. The van der Waals surface area contributed by atoms with E-state index in [1.165, 1.54) is 0 Å². The highest BCUT2D eigenvalue weighted by molar-refractivity contribution is 4.60. The molecule has 0 aromatic heterocycles. The summed E-state index contributed by atoms with van der Waals surface area (Å²) in [4.78, 5) is 0. The van der Waals surface area contributed by atoms with Gasteiger partial charge in [0.25, 0.3) is 0 Å². The van der Waals surface area contributed by atoms with Crippen LogP contribution >= 0.6 is 0 Å². The van der Waals surface area contributed by atoms with Crippen molar-refractivity contribution in [2.24, 2.45) is 0 Å². The maximum absolute atomic E-state index is 9.12. The molecule has 0 bridgehead atoms. The van der Waals surface area contributed by atoms with Gasteiger partial charge in [-0.05, 0) is 20.8 Å². The van der Waals surface area contributed by atoms with Crippen LogP contribution in [0.1, 0.15) is 27.2 Å². The van der Waals surface area contributed by atoms with Crippen molar-refractivity contribution in [3.05, 3.63) is 0 Å². The number of nitrogens with one attached hydrogen (secondary N) is 1. The van der Waals surface area contributed by atoms with Crippen LogP contribution in [0.5, 0.6) is 0 Å². The zero-order valence-corrected chi connectivity index (χ0v) is 6.83. The molecule has 3 N–H and O–H groups in total. The summed E-state index contributed by atoms with van der Waals surface area (Å²) in [6.45, 7) is 5.56. The van der Waals surface area contributed by atoms with E-state index in [-0.39, 0.29) is 6.04 Å². The van der Waals surface area contributed by atoms with Crippen LogP contribution in [-0.4, -0.2) is 28.6 Å². The average molecular weight is 147 g/mol. The Hall–Kier alpha value is -0.120. The van der Waals surface area contributed by atoms with Crippen molar-refractivity contribution in [2.75, 3.05) is 0 Å². The minimum Gasteiger partial charge on any atom is -0.393 e. The van der Waals surface area contributed by atoms with Gasteiger partial charge >= 0.3 is 0 Å². The van der Waals surface area contributed by atoms with Gasteiger partial charge in [0.15, 0.2) is 0 Å². The molecule has 0 heterocycles. The van der Waals surface area contributed by atoms with Crippen molar-refractivity contribution in [2.45, 2.75) is 45.6 Å². The van der Waals surface area contributed by atoms with Crippen LogP contribution in [0.2, 0.25) is 0 Å². The van der Waals surface area contributed by atoms with Gasteiger partial charge in [0, 0.05) is 12.5 Å². The summed E-state index contributed by atoms with van der Waals surface area (Å²) in [6.07, 6.45) is -0.640. The molecule has 62 valence electrons. The first-order chi connectivity index (χ1) is 4.52. The van der Waals surface area contributed by atoms with Crippen molar-refractivity contribution in [3.8, 4) is 0 Å². The molecule has 10 heavy (non-hydrogen) atoms. The Labute approximate surface area is 62.1 Å². The van der Waals surface area contributed by atoms with Gasteiger partial charge in [0.05, 0.1) is 6.10 Å². The van der Waals surface area contributed by atoms with Crippen LogP contribution in [0.4, 0.5) is 0 Å². The first-order valence-electron chi connectivity index (χ1n) is 3.64. The maximum atomic E-state index is 9.12. The molecule has 0 saturated heterocycles. The van der Waals surface area contributed by atoms with E-state index in [9.17, 15) is 0 Å². The predicted octanol–water partition coefficient (Wildman–Crippen LogP) is 0.0737. The van der Waals surface area contributed by atoms with Gasteiger partial charge in [-0.1, -0.05) is 0 Å². The smallest absolute Gasteiger partial charge is 0.107 e. The molecule has 0 fully saturated rings. The Balaban J connectivity index is 3.34. The van der Waals surface area contributed by atoms with E-state index >= 15 is 0 Å². The fourth-order valence-electron chi connectivity index (χ4n) is 0.776. The van der Waals surface area contributed by atoms with Gasteiger partial charge in [0.2, 0.25) is 0 Å². The first kappa shape index (κ1) is 9.88. The van der Waals surface area contributed by atoms with E-state index in [2.05, 4.69) is 5.32 Å². The second-order valence-corrected chi connectivity index (χ2v) is 2.92. The molecule has 0 spiro atoms. The molecule has 3 heteroatoms. The van der Waals surface area contributed by atoms with Crippen molar-refractivity contribution in [3.63, 3.8) is 0 Å². The van der Waals surface area contributed by atoms with Gasteiger partial charge < -0.3 is 10.2 Å². The van der Waals surface area contributed by atoms with Crippen LogP contribution in [0.25, 0.3) is 0 Å². The summed E-state index contributed by atoms with van der Waals surface area (Å²) in [6, 6.07) is 0.258. The lowest BCUT2D eigenvalue weighted by Gasteiger charge is -2.16. The van der Waals surface area contributed by atoms with E-state index in [1.54, 1.807) is 6.92 Å². The third-order valence-electron chi connectivity index (χ3n) is 1.09. The van der Waals surface area contributed by atoms with Crippen LogP contribution in [0.15, 0.2) is 0 Å². The number of hydrogen-bond donors (Lipinski definition) is 3. The van der Waals surface area contributed by atoms with Crippen molar-refractivity contribution >= 4 is 0 Å². The molecule has 0 aliphatic rings. The minimum atomic E-state index is -0.583. The lowest BCUT2D eigenvalue weighted by Crippen LogP contribution is -2.36. The van der Waals surface area contributed by atoms with Gasteiger partial charge in [-0.2, -0.15) is 0 Å². The highest BCUT2D eigenvalue weighted by atomic mass is 16.3. The number of aliphatic hydroxyl groups is 2. The van der Waals surface area contributed by atoms with Crippen molar-refractivity contribution in [1.82, 2.24) is 5.32 Å². The predicted molar refractivity (Wildman–Crippen MR) is 40.6 cm³/mol. The van der Waals surface area contributed by atoms with Crippen molar-refractivity contribution < 1.29 is 10.2 Å². The normalized spacial score (nSPS) is 17.4. The quantitative estimate of drug-likeness (QED) is 0.493. The molecule has 0 radical (unpaired) electrons. The van der Waals surface area contributed by atoms with Crippen LogP contribution in [0.3, 0.4) is 0 Å². The second-order valence-electron chi connectivity index (χ2n) is 2.92. The van der Waals surface area contributed by atoms with E-state index in [4.69, 9.17) is 10.2 Å². The summed E-state index contributed by atoms with van der Waals surface area (Å²) in [5, 5.41) is 20.8. The van der Waals surface area contributed by atoms with Crippen LogP contribution < -0.4 is 5.32 Å². The molecule has 2 atom stereocenters. The summed E-state index contributed by atoms with van der Waals surface area (Å²) in [7, 11) is 0. The first-order valence-corrected chi connectivity index (χ1v) is 3.64. The lowest BCUT2D eigenvalue weighted by molar-refractivity contribution is 0.0630. The van der Waals surface area contributed by atoms with Crippen LogP contribution in [-0.2, 0) is 0 Å². The Morgan fingerprint density at radius 2 is 1.70 bits per heavy atom. The molecule has 0 saturated carbocycles. The summed E-state index contributed by atoms with van der Waals surface area (Å²) in [5.41, 5.74) is 0. The van der Waals surface area contributed by atoms with Crippen LogP contribution in [0, 0.1) is 0 Å². The second kappa shape index (κ2) is 4.66. The summed E-state index contributed by atoms with van der Waals surface area (Å²) < 4.78 is 0. The van der Waals surface area contributed by atoms with E-state index in [0.717, 1.165) is 0 Å². The van der Waals surface area contributed by atoms with E-state index < -0.39 is 12.3 Å². The standard InChI is InChI=1S/C7H17NO2/c1-5(2)8-7(10)4-6(3)9/h5-10H,4H2,1-3H3. The van der Waals surface area contributed by atoms with E-state index in [0.29, 0.717) is 6.42 Å². The monoisotopic (exact) mass is 147 g/mol. The number of hydrogen-bond acceptors (Lipinski definition) is 3. The molecule has 0 amide bonds. The van der Waals surface area contributed by atoms with Gasteiger partial charge in [0.1, 0.15) is 6.23 Å². The molecule has 3 nitrogen and oxygen atoms in total. The van der Waals surface area contributed by atoms with Gasteiger partial charge in [-0.25, -0.2) is 0 Å². The molecule has 0 rings (SSSR count). The average Bonchev–Trinajstić information content (AvgIpc) is 1.58. The van der Waals surface area contributed by atoms with E-state index in [1.807, 2.05) is 13.8 Å². The topological polar surface area (TPSA) is 52.5 Å². The number of aliphatic hydroxyl groups excluding tert-OH is 2. The molecular formula is C7H17NO2. The highest BCUT2D eigenvalue weighted by Crippen LogP contribution is 1.94. The molecule has 0 aliphatic heterocycles. The Morgan fingerprint density at radius 1 is 1.20 bits per heavy atom. The summed E-state index contributed by atoms with van der Waals surface area (Å²) in [5.74, 6) is 0. The third-order valence-corrected chi connectivity index (χ3v) is 1.09. The molecule has 0 aromatic rings. The minimum absolute atomic E-state index is 0.258. The number of rotatable bonds is 4. The summed E-state index contributed by atoms with van der Waals surface area (Å²) >= 11 is 0. The Bertz CT molecular complexity index is 73.7. The Morgan fingerprint density at radius 3 is 2.00 bits per heavy atom. The Kier molecular flexibility index (Phi) is 4.60. The maximum Gasteiger partial charge on any atom is 0.107 e. The zero-order valence-electron chi connectivity index (χ0n) is 6.83. The van der Waals surface area contributed by atoms with Crippen molar-refractivity contribution in [1.29, 1.82) is 0 Å². The highest BCUT2D eigenvalue weighted by Gasteiger charge is 2.07. The largest absolute Gasteiger partial charge is 0.393 e. The van der Waals surface area contributed by atoms with Gasteiger partial charge in [-0.3, -0.25) is 5.32 Å².